The highest BCUT2D eigenvalue weighted by atomic mass is 16.4. The quantitative estimate of drug-likeness (QED) is 0.250. The maximum Gasteiger partial charge on any atom is 0.349 e. The van der Waals surface area contributed by atoms with Gasteiger partial charge >= 0.3 is 17.2 Å². The first kappa shape index (κ1) is 18.5. The second-order valence-corrected chi connectivity index (χ2v) is 6.95. The van der Waals surface area contributed by atoms with E-state index in [2.05, 4.69) is 15.2 Å². The van der Waals surface area contributed by atoms with E-state index >= 15 is 0 Å². The molecule has 152 valence electrons. The number of amides is 1. The molecule has 0 saturated heterocycles. The first-order valence-corrected chi connectivity index (χ1v) is 9.19. The van der Waals surface area contributed by atoms with Crippen LogP contribution in [0.15, 0.2) is 77.2 Å². The zero-order valence-electron chi connectivity index (χ0n) is 16.0. The van der Waals surface area contributed by atoms with Crippen molar-refractivity contribution in [2.45, 2.75) is 6.92 Å². The summed E-state index contributed by atoms with van der Waals surface area (Å²) in [6, 6.07) is 13.1. The number of carbonyl (C=O) groups excluding carboxylic acids is 1. The molecule has 9 nitrogen and oxygen atoms in total. The number of para-hydroxylation sites is 1. The van der Waals surface area contributed by atoms with E-state index in [1.165, 1.54) is 0 Å². The molecule has 0 bridgehead atoms. The van der Waals surface area contributed by atoms with Gasteiger partial charge in [-0.05, 0) is 31.2 Å². The van der Waals surface area contributed by atoms with Gasteiger partial charge < -0.3 is 18.9 Å². The number of benzene rings is 2. The molecule has 2 N–H and O–H groups in total. The Bertz CT molecular complexity index is 1670. The number of rotatable bonds is 2. The van der Waals surface area contributed by atoms with Crippen molar-refractivity contribution in [2.75, 3.05) is 0 Å². The van der Waals surface area contributed by atoms with Gasteiger partial charge in [0.05, 0.1) is 10.9 Å². The maximum atomic E-state index is 12.5. The van der Waals surface area contributed by atoms with Crippen LogP contribution in [0.25, 0.3) is 32.8 Å². The molecule has 0 unspecified atom stereocenters. The minimum absolute atomic E-state index is 0.0303. The third-order valence-corrected chi connectivity index (χ3v) is 4.88. The number of carbonyl (C=O) groups is 1. The first-order chi connectivity index (χ1) is 14.9. The van der Waals surface area contributed by atoms with Gasteiger partial charge in [-0.15, -0.1) is 10.2 Å². The lowest BCUT2D eigenvalue weighted by Crippen LogP contribution is -2.14. The van der Waals surface area contributed by atoms with Crippen molar-refractivity contribution in [1.82, 2.24) is 4.98 Å². The Morgan fingerprint density at radius 2 is 1.77 bits per heavy atom. The van der Waals surface area contributed by atoms with Gasteiger partial charge in [0, 0.05) is 5.39 Å². The number of H-pyrrole nitrogens is 1. The van der Waals surface area contributed by atoms with Crippen LogP contribution in [-0.4, -0.2) is 16.0 Å². The Hall–Kier alpha value is -4.53. The van der Waals surface area contributed by atoms with Crippen LogP contribution in [0, 0.1) is 6.92 Å². The number of aromatic amines is 1. The molecule has 0 aliphatic rings. The third kappa shape index (κ3) is 2.99. The summed E-state index contributed by atoms with van der Waals surface area (Å²) in [5, 5.41) is 18.3. The number of nitrogens with zero attached hydrogens (tertiary/aromatic N) is 2. The molecule has 0 saturated carbocycles. The van der Waals surface area contributed by atoms with Crippen molar-refractivity contribution in [1.29, 1.82) is 0 Å². The maximum absolute atomic E-state index is 12.5. The number of aromatic nitrogens is 1. The fourth-order valence-electron chi connectivity index (χ4n) is 3.40. The molecule has 0 spiro atoms. The van der Waals surface area contributed by atoms with Crippen LogP contribution in [-0.2, 0) is 0 Å². The Labute approximate surface area is 172 Å². The second kappa shape index (κ2) is 6.77. The highest BCUT2D eigenvalue weighted by Crippen LogP contribution is 2.35. The lowest BCUT2D eigenvalue weighted by atomic mass is 10.1. The summed E-state index contributed by atoms with van der Waals surface area (Å²) in [5.74, 6) is -1.30. The van der Waals surface area contributed by atoms with Crippen molar-refractivity contribution in [2.24, 2.45) is 10.2 Å². The Morgan fingerprint density at radius 1 is 0.968 bits per heavy atom. The van der Waals surface area contributed by atoms with Crippen molar-refractivity contribution in [3.8, 4) is 5.88 Å². The van der Waals surface area contributed by atoms with E-state index in [4.69, 9.17) is 8.83 Å². The minimum atomic E-state index is -1.02. The summed E-state index contributed by atoms with van der Waals surface area (Å²) in [7, 11) is 0. The molecule has 0 aliphatic carbocycles. The van der Waals surface area contributed by atoms with Gasteiger partial charge in [-0.2, -0.15) is 0 Å². The average Bonchev–Trinajstić information content (AvgIpc) is 3.07. The molecule has 0 atom stereocenters. The van der Waals surface area contributed by atoms with Crippen LogP contribution in [0.3, 0.4) is 0 Å². The third-order valence-electron chi connectivity index (χ3n) is 4.88. The van der Waals surface area contributed by atoms with E-state index in [-0.39, 0.29) is 28.1 Å². The van der Waals surface area contributed by atoms with E-state index in [1.807, 2.05) is 6.92 Å². The van der Waals surface area contributed by atoms with Crippen molar-refractivity contribution < 1.29 is 18.7 Å². The molecular weight excluding hydrogens is 402 g/mol. The Kier molecular flexibility index (Phi) is 4.04. The predicted molar refractivity (Wildman–Crippen MR) is 112 cm³/mol. The summed E-state index contributed by atoms with van der Waals surface area (Å²) >= 11 is 0. The molecule has 5 aromatic rings. The van der Waals surface area contributed by atoms with Crippen LogP contribution in [0.5, 0.6) is 5.88 Å². The lowest BCUT2D eigenvalue weighted by Gasteiger charge is -2.03. The molecule has 1 amide bonds. The van der Waals surface area contributed by atoms with Crippen molar-refractivity contribution >= 4 is 44.4 Å². The van der Waals surface area contributed by atoms with E-state index in [0.29, 0.717) is 16.3 Å². The SMILES string of the molecule is Cc1ccc2oc(=O)c3cc(C(=O)N=Nc4c(O)[nH]c5ccccc45)c(=O)oc3c2c1. The minimum Gasteiger partial charge on any atom is -0.493 e. The summed E-state index contributed by atoms with van der Waals surface area (Å²) in [6.45, 7) is 1.84. The van der Waals surface area contributed by atoms with Gasteiger partial charge in [-0.3, -0.25) is 4.79 Å². The number of azo groups is 1. The second-order valence-electron chi connectivity index (χ2n) is 6.95. The van der Waals surface area contributed by atoms with Gasteiger partial charge in [0.1, 0.15) is 16.5 Å². The molecule has 3 aromatic heterocycles. The number of fused-ring (bicyclic) bond motifs is 4. The number of hydrogen-bond donors (Lipinski definition) is 2. The number of aromatic hydroxyl groups is 1. The molecule has 9 heteroatoms. The van der Waals surface area contributed by atoms with E-state index in [9.17, 15) is 19.5 Å². The zero-order valence-corrected chi connectivity index (χ0v) is 16.0. The van der Waals surface area contributed by atoms with Crippen LogP contribution in [0.1, 0.15) is 15.9 Å². The fourth-order valence-corrected chi connectivity index (χ4v) is 3.40. The fraction of sp³-hybridized carbons (Fsp3) is 0.0455. The van der Waals surface area contributed by atoms with Crippen LogP contribution < -0.4 is 11.3 Å². The summed E-state index contributed by atoms with van der Waals surface area (Å²) in [4.78, 5) is 40.1. The first-order valence-electron chi connectivity index (χ1n) is 9.19. The average molecular weight is 415 g/mol. The highest BCUT2D eigenvalue weighted by Gasteiger charge is 2.19. The normalized spacial score (nSPS) is 11.8. The molecule has 0 fully saturated rings. The molecule has 5 rings (SSSR count). The largest absolute Gasteiger partial charge is 0.493 e. The van der Waals surface area contributed by atoms with Crippen molar-refractivity contribution in [3.63, 3.8) is 0 Å². The van der Waals surface area contributed by atoms with Gasteiger partial charge in [-0.25, -0.2) is 9.59 Å². The standard InChI is InChI=1S/C22H13N3O6/c1-10-6-7-16-12(8-10)18-13(21(28)30-16)9-14(22(29)31-18)19(26)25-24-17-11-4-2-3-5-15(11)23-20(17)27/h2-9,23,27H,1H3. The smallest absolute Gasteiger partial charge is 0.349 e. The predicted octanol–water partition coefficient (Wildman–Crippen LogP) is 4.32. The molecule has 2 aromatic carbocycles. The number of nitrogens with one attached hydrogen (secondary N) is 1. The van der Waals surface area contributed by atoms with Gasteiger partial charge in [0.15, 0.2) is 11.3 Å². The Morgan fingerprint density at radius 3 is 2.61 bits per heavy atom. The van der Waals surface area contributed by atoms with Gasteiger partial charge in [0.25, 0.3) is 0 Å². The topological polar surface area (TPSA) is 138 Å². The number of aryl methyl sites for hydroxylation is 1. The summed E-state index contributed by atoms with van der Waals surface area (Å²) in [5.41, 5.74) is -0.375. The summed E-state index contributed by atoms with van der Waals surface area (Å²) in [6.07, 6.45) is 0. The molecule has 0 aliphatic heterocycles. The van der Waals surface area contributed by atoms with E-state index < -0.39 is 22.7 Å². The lowest BCUT2D eigenvalue weighted by molar-refractivity contribution is 0.0991. The van der Waals surface area contributed by atoms with E-state index in [1.54, 1.807) is 42.5 Å². The molecule has 0 radical (unpaired) electrons. The summed E-state index contributed by atoms with van der Waals surface area (Å²) < 4.78 is 10.6. The molecule has 3 heterocycles. The Balaban J connectivity index is 1.63. The molecular formula is C22H13N3O6. The van der Waals surface area contributed by atoms with Crippen LogP contribution in [0.2, 0.25) is 0 Å². The van der Waals surface area contributed by atoms with E-state index in [0.717, 1.165) is 11.6 Å². The van der Waals surface area contributed by atoms with Gasteiger partial charge in [0.2, 0.25) is 5.88 Å². The zero-order chi connectivity index (χ0) is 21.7. The van der Waals surface area contributed by atoms with Crippen molar-refractivity contribution in [3.05, 3.63) is 80.5 Å². The van der Waals surface area contributed by atoms with Gasteiger partial charge in [-0.1, -0.05) is 29.8 Å². The number of hydrogen-bond acceptors (Lipinski definition) is 7. The monoisotopic (exact) mass is 415 g/mol. The highest BCUT2D eigenvalue weighted by molar-refractivity contribution is 6.03. The van der Waals surface area contributed by atoms with Crippen LogP contribution in [0.4, 0.5) is 5.69 Å². The van der Waals surface area contributed by atoms with Crippen LogP contribution >= 0.6 is 0 Å². The molecule has 31 heavy (non-hydrogen) atoms.